The molecule has 0 N–H and O–H groups in total. The number of nitriles is 2. The summed E-state index contributed by atoms with van der Waals surface area (Å²) in [5.74, 6) is -0.666. The van der Waals surface area contributed by atoms with E-state index in [0.29, 0.717) is 59.2 Å². The Hall–Kier alpha value is -4.56. The van der Waals surface area contributed by atoms with E-state index in [9.17, 15) is 9.59 Å². The van der Waals surface area contributed by atoms with Crippen LogP contribution in [0.15, 0.2) is 64.8 Å². The Morgan fingerprint density at radius 2 is 1.48 bits per heavy atom. The van der Waals surface area contributed by atoms with Crippen LogP contribution in [0.1, 0.15) is 33.6 Å². The van der Waals surface area contributed by atoms with Crippen molar-refractivity contribution in [2.24, 2.45) is 10.2 Å². The third-order valence-corrected chi connectivity index (χ3v) is 5.56. The lowest BCUT2D eigenvalue weighted by Gasteiger charge is -2.23. The summed E-state index contributed by atoms with van der Waals surface area (Å²) in [5.41, 5.74) is 3.05. The average molecular weight is 436 g/mol. The van der Waals surface area contributed by atoms with Gasteiger partial charge in [0.2, 0.25) is 0 Å². The molecule has 162 valence electrons. The van der Waals surface area contributed by atoms with Gasteiger partial charge in [0.15, 0.2) is 0 Å². The molecule has 2 amide bonds. The van der Waals surface area contributed by atoms with Gasteiger partial charge in [0.1, 0.15) is 0 Å². The standard InChI is InChI=1S/C25H20N6O2/c1-30-24(32)20-6-2-5-19-22(12-11-21(23(19)20)25(30)33)29-28-17-7-9-18(10-8-17)31(15-3-13-26)16-4-14-27/h2,5-12H,3-4,15-16H2,1H3. The van der Waals surface area contributed by atoms with E-state index in [1.54, 1.807) is 24.3 Å². The number of rotatable bonds is 7. The van der Waals surface area contributed by atoms with Gasteiger partial charge in [-0.05, 0) is 42.5 Å². The molecule has 1 heterocycles. The van der Waals surface area contributed by atoms with Crippen molar-refractivity contribution >= 4 is 39.6 Å². The van der Waals surface area contributed by atoms with Gasteiger partial charge in [0.05, 0.1) is 36.4 Å². The van der Waals surface area contributed by atoms with Crippen LogP contribution >= 0.6 is 0 Å². The molecule has 0 aromatic heterocycles. The van der Waals surface area contributed by atoms with Crippen LogP contribution in [0.3, 0.4) is 0 Å². The van der Waals surface area contributed by atoms with E-state index in [4.69, 9.17) is 10.5 Å². The fraction of sp³-hybridized carbons (Fsp3) is 0.200. The monoisotopic (exact) mass is 436 g/mol. The molecule has 8 nitrogen and oxygen atoms in total. The van der Waals surface area contributed by atoms with Gasteiger partial charge in [-0.3, -0.25) is 14.5 Å². The van der Waals surface area contributed by atoms with Crippen LogP contribution in [-0.2, 0) is 0 Å². The van der Waals surface area contributed by atoms with Crippen molar-refractivity contribution in [3.8, 4) is 12.1 Å². The van der Waals surface area contributed by atoms with Crippen LogP contribution < -0.4 is 4.90 Å². The lowest BCUT2D eigenvalue weighted by molar-refractivity contribution is 0.0650. The van der Waals surface area contributed by atoms with E-state index < -0.39 is 0 Å². The molecule has 0 unspecified atom stereocenters. The van der Waals surface area contributed by atoms with Gasteiger partial charge in [-0.25, -0.2) is 0 Å². The van der Waals surface area contributed by atoms with Crippen LogP contribution in [-0.4, -0.2) is 36.9 Å². The molecule has 1 aliphatic heterocycles. The SMILES string of the molecule is CN1C(=O)c2cccc3c(N=Nc4ccc(N(CCC#N)CCC#N)cc4)ccc(c23)C1=O. The second kappa shape index (κ2) is 9.29. The summed E-state index contributed by atoms with van der Waals surface area (Å²) in [6.45, 7) is 1.10. The first kappa shape index (κ1) is 21.7. The van der Waals surface area contributed by atoms with E-state index in [-0.39, 0.29) is 11.8 Å². The van der Waals surface area contributed by atoms with Crippen molar-refractivity contribution in [2.75, 3.05) is 25.0 Å². The lowest BCUT2D eigenvalue weighted by Crippen LogP contribution is -2.36. The van der Waals surface area contributed by atoms with Gasteiger partial charge in [0, 0.05) is 47.7 Å². The molecule has 0 bridgehead atoms. The Labute approximate surface area is 191 Å². The maximum absolute atomic E-state index is 12.5. The third kappa shape index (κ3) is 4.15. The van der Waals surface area contributed by atoms with E-state index >= 15 is 0 Å². The van der Waals surface area contributed by atoms with Crippen LogP contribution in [0, 0.1) is 22.7 Å². The fourth-order valence-corrected chi connectivity index (χ4v) is 3.87. The largest absolute Gasteiger partial charge is 0.369 e. The van der Waals surface area contributed by atoms with Crippen LogP contribution in [0.5, 0.6) is 0 Å². The number of nitrogens with zero attached hydrogens (tertiary/aromatic N) is 6. The van der Waals surface area contributed by atoms with Gasteiger partial charge in [-0.15, -0.1) is 5.11 Å². The molecular weight excluding hydrogens is 416 g/mol. The zero-order valence-electron chi connectivity index (χ0n) is 18.0. The molecule has 0 radical (unpaired) electrons. The van der Waals surface area contributed by atoms with E-state index in [2.05, 4.69) is 22.4 Å². The molecule has 1 aliphatic rings. The number of hydrogen-bond acceptors (Lipinski definition) is 7. The first-order valence-corrected chi connectivity index (χ1v) is 10.4. The predicted octanol–water partition coefficient (Wildman–Crippen LogP) is 5.11. The van der Waals surface area contributed by atoms with E-state index in [1.165, 1.54) is 7.05 Å². The van der Waals surface area contributed by atoms with E-state index in [1.807, 2.05) is 35.2 Å². The van der Waals surface area contributed by atoms with Crippen molar-refractivity contribution in [3.63, 3.8) is 0 Å². The van der Waals surface area contributed by atoms with Gasteiger partial charge < -0.3 is 4.90 Å². The van der Waals surface area contributed by atoms with Gasteiger partial charge in [0.25, 0.3) is 11.8 Å². The Kier molecular flexibility index (Phi) is 6.10. The molecule has 0 saturated carbocycles. The molecule has 0 atom stereocenters. The second-order valence-corrected chi connectivity index (χ2v) is 7.55. The number of amides is 2. The minimum Gasteiger partial charge on any atom is -0.369 e. The molecule has 3 aromatic rings. The maximum Gasteiger partial charge on any atom is 0.261 e. The molecular formula is C25H20N6O2. The highest BCUT2D eigenvalue weighted by atomic mass is 16.2. The number of azo groups is 1. The summed E-state index contributed by atoms with van der Waals surface area (Å²) >= 11 is 0. The normalized spacial score (nSPS) is 12.8. The Balaban J connectivity index is 1.62. The number of carbonyl (C=O) groups excluding carboxylic acids is 2. The molecule has 0 aliphatic carbocycles. The van der Waals surface area contributed by atoms with Crippen molar-refractivity contribution < 1.29 is 9.59 Å². The first-order chi connectivity index (χ1) is 16.0. The highest BCUT2D eigenvalue weighted by molar-refractivity contribution is 6.26. The summed E-state index contributed by atoms with van der Waals surface area (Å²) in [6, 6.07) is 20.4. The molecule has 8 heteroatoms. The second-order valence-electron chi connectivity index (χ2n) is 7.55. The summed E-state index contributed by atoms with van der Waals surface area (Å²) in [4.78, 5) is 28.2. The highest BCUT2D eigenvalue weighted by Crippen LogP contribution is 2.36. The average Bonchev–Trinajstić information content (AvgIpc) is 2.85. The Bertz CT molecular complexity index is 1310. The van der Waals surface area contributed by atoms with Crippen molar-refractivity contribution in [1.82, 2.24) is 4.90 Å². The summed E-state index contributed by atoms with van der Waals surface area (Å²) in [5, 5.41) is 27.7. The van der Waals surface area contributed by atoms with Crippen LogP contribution in [0.4, 0.5) is 17.1 Å². The van der Waals surface area contributed by atoms with Gasteiger partial charge >= 0.3 is 0 Å². The smallest absolute Gasteiger partial charge is 0.261 e. The van der Waals surface area contributed by atoms with E-state index in [0.717, 1.165) is 10.6 Å². The zero-order chi connectivity index (χ0) is 23.4. The number of anilines is 1. The summed E-state index contributed by atoms with van der Waals surface area (Å²) in [6.07, 6.45) is 0.748. The molecule has 0 saturated heterocycles. The molecule has 0 fully saturated rings. The van der Waals surface area contributed by atoms with Crippen molar-refractivity contribution in [3.05, 3.63) is 65.7 Å². The Morgan fingerprint density at radius 3 is 2.12 bits per heavy atom. The van der Waals surface area contributed by atoms with Crippen molar-refractivity contribution in [1.29, 1.82) is 10.5 Å². The number of carbonyl (C=O) groups is 2. The Morgan fingerprint density at radius 1 is 0.848 bits per heavy atom. The zero-order valence-corrected chi connectivity index (χ0v) is 18.0. The topological polar surface area (TPSA) is 113 Å². The highest BCUT2D eigenvalue weighted by Gasteiger charge is 2.30. The molecule has 3 aromatic carbocycles. The molecule has 0 spiro atoms. The number of imide groups is 1. The summed E-state index contributed by atoms with van der Waals surface area (Å²) < 4.78 is 0. The molecule has 33 heavy (non-hydrogen) atoms. The van der Waals surface area contributed by atoms with Crippen molar-refractivity contribution in [2.45, 2.75) is 12.8 Å². The number of hydrogen-bond donors (Lipinski definition) is 0. The first-order valence-electron chi connectivity index (χ1n) is 10.4. The fourth-order valence-electron chi connectivity index (χ4n) is 3.87. The predicted molar refractivity (Wildman–Crippen MR) is 124 cm³/mol. The lowest BCUT2D eigenvalue weighted by atomic mass is 9.93. The quantitative estimate of drug-likeness (QED) is 0.377. The maximum atomic E-state index is 12.5. The minimum atomic E-state index is -0.333. The van der Waals surface area contributed by atoms with Crippen LogP contribution in [0.2, 0.25) is 0 Å². The minimum absolute atomic E-state index is 0.333. The molecule has 4 rings (SSSR count). The van der Waals surface area contributed by atoms with Crippen LogP contribution in [0.25, 0.3) is 10.8 Å². The number of benzene rings is 3. The third-order valence-electron chi connectivity index (χ3n) is 5.56. The summed E-state index contributed by atoms with van der Waals surface area (Å²) in [7, 11) is 1.48. The van der Waals surface area contributed by atoms with Gasteiger partial charge in [-0.1, -0.05) is 12.1 Å². The van der Waals surface area contributed by atoms with Gasteiger partial charge in [-0.2, -0.15) is 15.6 Å².